The van der Waals surface area contributed by atoms with Gasteiger partial charge in [0, 0.05) is 37.5 Å². The van der Waals surface area contributed by atoms with Crippen LogP contribution in [0.15, 0.2) is 54.7 Å². The van der Waals surface area contributed by atoms with E-state index in [1.165, 1.54) is 24.2 Å². The molecule has 3 amide bonds. The van der Waals surface area contributed by atoms with Gasteiger partial charge in [0.05, 0.1) is 22.9 Å². The molecule has 1 fully saturated rings. The SMILES string of the molecule is Cn1nccc1-c1ccc2c(c1)CN([C@H](CC1CCCCC1)CN1C(=O)c3ccccc3C1=O)C2=O. The number of hydrogen-bond acceptors (Lipinski definition) is 4. The predicted molar refractivity (Wildman–Crippen MR) is 135 cm³/mol. The molecule has 2 aromatic carbocycles. The molecule has 6 rings (SSSR count). The van der Waals surface area contributed by atoms with Crippen molar-refractivity contribution in [1.82, 2.24) is 19.6 Å². The number of amides is 3. The van der Waals surface area contributed by atoms with Gasteiger partial charge >= 0.3 is 0 Å². The smallest absolute Gasteiger partial charge is 0.261 e. The van der Waals surface area contributed by atoms with Gasteiger partial charge in [-0.25, -0.2) is 0 Å². The Kier molecular flexibility index (Phi) is 5.70. The molecular formula is C29H30N4O3. The lowest BCUT2D eigenvalue weighted by Crippen LogP contribution is -2.47. The van der Waals surface area contributed by atoms with Crippen molar-refractivity contribution in [2.75, 3.05) is 6.54 Å². The number of aromatic nitrogens is 2. The Morgan fingerprint density at radius 3 is 2.28 bits per heavy atom. The van der Waals surface area contributed by atoms with Gasteiger partial charge in [-0.3, -0.25) is 24.0 Å². The molecule has 3 aliphatic rings. The number of carbonyl (C=O) groups excluding carboxylic acids is 3. The lowest BCUT2D eigenvalue weighted by Gasteiger charge is -2.34. The summed E-state index contributed by atoms with van der Waals surface area (Å²) in [5.74, 6) is -0.0294. The molecule has 1 atom stereocenters. The highest BCUT2D eigenvalue weighted by atomic mass is 16.2. The predicted octanol–water partition coefficient (Wildman–Crippen LogP) is 4.68. The molecule has 1 aliphatic carbocycles. The zero-order chi connectivity index (χ0) is 24.8. The van der Waals surface area contributed by atoms with E-state index in [9.17, 15) is 14.4 Å². The van der Waals surface area contributed by atoms with Gasteiger partial charge in [-0.2, -0.15) is 5.10 Å². The standard InChI is InChI=1S/C29H30N4O3/c1-31-26(13-14-30-31)20-11-12-23-21(16-20)17-32(27(23)34)22(15-19-7-3-2-4-8-19)18-33-28(35)24-9-5-6-10-25(24)29(33)36/h5-6,9-14,16,19,22H,2-4,7-8,15,17-18H2,1H3/t22-/m1/s1. The van der Waals surface area contributed by atoms with E-state index in [-0.39, 0.29) is 30.3 Å². The summed E-state index contributed by atoms with van der Waals surface area (Å²) >= 11 is 0. The highest BCUT2D eigenvalue weighted by Gasteiger charge is 2.41. The van der Waals surface area contributed by atoms with Crippen LogP contribution in [0.1, 0.15) is 75.2 Å². The van der Waals surface area contributed by atoms with Gasteiger partial charge in [-0.1, -0.05) is 50.3 Å². The Morgan fingerprint density at radius 1 is 0.889 bits per heavy atom. The monoisotopic (exact) mass is 482 g/mol. The summed E-state index contributed by atoms with van der Waals surface area (Å²) in [7, 11) is 1.91. The molecule has 1 aromatic heterocycles. The highest BCUT2D eigenvalue weighted by molar-refractivity contribution is 6.21. The fraction of sp³-hybridized carbons (Fsp3) is 0.379. The van der Waals surface area contributed by atoms with Crippen molar-refractivity contribution in [1.29, 1.82) is 0 Å². The molecule has 0 N–H and O–H groups in total. The molecule has 7 nitrogen and oxygen atoms in total. The van der Waals surface area contributed by atoms with E-state index >= 15 is 0 Å². The summed E-state index contributed by atoms with van der Waals surface area (Å²) in [6, 6.07) is 14.7. The molecule has 0 spiro atoms. The van der Waals surface area contributed by atoms with Crippen molar-refractivity contribution in [3.8, 4) is 11.3 Å². The van der Waals surface area contributed by atoms with Crippen LogP contribution in [0.3, 0.4) is 0 Å². The first-order valence-electron chi connectivity index (χ1n) is 12.9. The van der Waals surface area contributed by atoms with Gasteiger partial charge in [0.1, 0.15) is 0 Å². The Morgan fingerprint density at radius 2 is 1.61 bits per heavy atom. The van der Waals surface area contributed by atoms with Crippen LogP contribution in [-0.4, -0.2) is 49.9 Å². The van der Waals surface area contributed by atoms with E-state index in [2.05, 4.69) is 11.2 Å². The van der Waals surface area contributed by atoms with E-state index in [1.54, 1.807) is 30.5 Å². The molecule has 1 saturated carbocycles. The third kappa shape index (κ3) is 3.83. The Labute approximate surface area is 210 Å². The van der Waals surface area contributed by atoms with Gasteiger partial charge in [-0.15, -0.1) is 0 Å². The number of nitrogens with zero attached hydrogens (tertiary/aromatic N) is 4. The van der Waals surface area contributed by atoms with Crippen LogP contribution in [0.5, 0.6) is 0 Å². The first-order chi connectivity index (χ1) is 17.5. The van der Waals surface area contributed by atoms with E-state index in [0.29, 0.717) is 29.2 Å². The fourth-order valence-electron chi connectivity index (χ4n) is 6.18. The average Bonchev–Trinajstić information content (AvgIpc) is 3.55. The summed E-state index contributed by atoms with van der Waals surface area (Å²) in [6.07, 6.45) is 8.50. The minimum atomic E-state index is -0.258. The topological polar surface area (TPSA) is 75.5 Å². The average molecular weight is 483 g/mol. The lowest BCUT2D eigenvalue weighted by molar-refractivity contribution is 0.0493. The van der Waals surface area contributed by atoms with Crippen LogP contribution in [0.25, 0.3) is 11.3 Å². The van der Waals surface area contributed by atoms with E-state index in [0.717, 1.165) is 36.1 Å². The molecule has 0 radical (unpaired) electrons. The second kappa shape index (κ2) is 9.04. The molecular weight excluding hydrogens is 452 g/mol. The van der Waals surface area contributed by atoms with Gasteiger partial charge in [-0.05, 0) is 48.2 Å². The minimum Gasteiger partial charge on any atom is -0.329 e. The maximum Gasteiger partial charge on any atom is 0.261 e. The van der Waals surface area contributed by atoms with Crippen molar-refractivity contribution >= 4 is 17.7 Å². The molecule has 0 bridgehead atoms. The molecule has 36 heavy (non-hydrogen) atoms. The van der Waals surface area contributed by atoms with Gasteiger partial charge < -0.3 is 4.90 Å². The van der Waals surface area contributed by atoms with E-state index in [1.807, 2.05) is 34.8 Å². The summed E-state index contributed by atoms with van der Waals surface area (Å²) in [5, 5.41) is 4.27. The first-order valence-corrected chi connectivity index (χ1v) is 12.9. The number of imide groups is 1. The maximum absolute atomic E-state index is 13.6. The number of fused-ring (bicyclic) bond motifs is 2. The summed E-state index contributed by atoms with van der Waals surface area (Å²) < 4.78 is 1.82. The van der Waals surface area contributed by atoms with Crippen LogP contribution in [0.2, 0.25) is 0 Å². The minimum absolute atomic E-state index is 0.0148. The molecule has 3 aromatic rings. The third-order valence-electron chi connectivity index (χ3n) is 8.10. The summed E-state index contributed by atoms with van der Waals surface area (Å²) in [5.41, 5.74) is 4.61. The molecule has 2 aliphatic heterocycles. The summed E-state index contributed by atoms with van der Waals surface area (Å²) in [6.45, 7) is 0.720. The van der Waals surface area contributed by atoms with Crippen molar-refractivity contribution < 1.29 is 14.4 Å². The van der Waals surface area contributed by atoms with Crippen LogP contribution in [0.4, 0.5) is 0 Å². The van der Waals surface area contributed by atoms with Crippen molar-refractivity contribution in [3.63, 3.8) is 0 Å². The number of carbonyl (C=O) groups is 3. The summed E-state index contributed by atoms with van der Waals surface area (Å²) in [4.78, 5) is 43.2. The number of benzene rings is 2. The van der Waals surface area contributed by atoms with E-state index < -0.39 is 0 Å². The van der Waals surface area contributed by atoms with Crippen molar-refractivity contribution in [3.05, 3.63) is 77.0 Å². The number of rotatable bonds is 6. The molecule has 7 heteroatoms. The highest BCUT2D eigenvalue weighted by Crippen LogP contribution is 2.35. The Balaban J connectivity index is 1.29. The normalized spacial score (nSPS) is 18.6. The number of aryl methyl sites for hydroxylation is 1. The first kappa shape index (κ1) is 22.7. The van der Waals surface area contributed by atoms with E-state index in [4.69, 9.17) is 0 Å². The Hall–Kier alpha value is -3.74. The van der Waals surface area contributed by atoms with Gasteiger partial charge in [0.15, 0.2) is 0 Å². The van der Waals surface area contributed by atoms with Crippen molar-refractivity contribution in [2.24, 2.45) is 13.0 Å². The van der Waals surface area contributed by atoms with Gasteiger partial charge in [0.25, 0.3) is 17.7 Å². The number of hydrogen-bond donors (Lipinski definition) is 0. The van der Waals surface area contributed by atoms with Crippen LogP contribution < -0.4 is 0 Å². The van der Waals surface area contributed by atoms with Crippen molar-refractivity contribution in [2.45, 2.75) is 51.1 Å². The second-order valence-electron chi connectivity index (χ2n) is 10.3. The van der Waals surface area contributed by atoms with Crippen LogP contribution >= 0.6 is 0 Å². The third-order valence-corrected chi connectivity index (χ3v) is 8.10. The fourth-order valence-corrected chi connectivity index (χ4v) is 6.18. The maximum atomic E-state index is 13.6. The zero-order valence-corrected chi connectivity index (χ0v) is 20.5. The van der Waals surface area contributed by atoms with Crippen LogP contribution in [0, 0.1) is 5.92 Å². The van der Waals surface area contributed by atoms with Gasteiger partial charge in [0.2, 0.25) is 0 Å². The molecule has 0 saturated heterocycles. The van der Waals surface area contributed by atoms with Crippen LogP contribution in [-0.2, 0) is 13.6 Å². The Bertz CT molecular complexity index is 1320. The largest absolute Gasteiger partial charge is 0.329 e. The second-order valence-corrected chi connectivity index (χ2v) is 10.3. The molecule has 3 heterocycles. The molecule has 0 unspecified atom stereocenters. The zero-order valence-electron chi connectivity index (χ0n) is 20.5. The molecule has 184 valence electrons. The quantitative estimate of drug-likeness (QED) is 0.478. The lowest BCUT2D eigenvalue weighted by atomic mass is 9.84.